The van der Waals surface area contributed by atoms with Crippen LogP contribution in [0.4, 0.5) is 0 Å². The minimum absolute atomic E-state index is 0.623. The van der Waals surface area contributed by atoms with Crippen molar-refractivity contribution in [2.75, 3.05) is 53.1 Å². The van der Waals surface area contributed by atoms with Crippen LogP contribution in [-0.2, 0) is 9.47 Å². The molecule has 2 aliphatic heterocycles. The van der Waals surface area contributed by atoms with E-state index < -0.39 is 0 Å². The van der Waals surface area contributed by atoms with Gasteiger partial charge in [-0.25, -0.2) is 0 Å². The maximum Gasteiger partial charge on any atom is 0.0622 e. The molecule has 4 nitrogen and oxygen atoms in total. The first kappa shape index (κ1) is 15.2. The Morgan fingerprint density at radius 2 is 1.74 bits per heavy atom. The Morgan fingerprint density at radius 3 is 2.47 bits per heavy atom. The van der Waals surface area contributed by atoms with Crippen molar-refractivity contribution in [1.29, 1.82) is 0 Å². The third-order valence-electron chi connectivity index (χ3n) is 4.52. The minimum atomic E-state index is 0.623. The fourth-order valence-electron chi connectivity index (χ4n) is 3.22. The van der Waals surface area contributed by atoms with Crippen LogP contribution in [0, 0.1) is 0 Å². The van der Waals surface area contributed by atoms with Crippen LogP contribution in [0.25, 0.3) is 0 Å². The van der Waals surface area contributed by atoms with Crippen molar-refractivity contribution in [3.8, 4) is 0 Å². The van der Waals surface area contributed by atoms with E-state index in [1.165, 1.54) is 38.8 Å². The quantitative estimate of drug-likeness (QED) is 0.626. The first-order valence-electron chi connectivity index (χ1n) is 7.91. The van der Waals surface area contributed by atoms with E-state index in [1.54, 1.807) is 0 Å². The molecule has 0 aliphatic carbocycles. The molecule has 0 aromatic carbocycles. The standard InChI is InChI=1S/C15H30N2O2/c1-3-18-13-15-7-5-9-17(15)10-11-19-12-14-6-4-8-16(14)2/h14-15H,3-13H2,1-2H3. The third-order valence-corrected chi connectivity index (χ3v) is 4.52. The van der Waals surface area contributed by atoms with Gasteiger partial charge in [-0.1, -0.05) is 0 Å². The van der Waals surface area contributed by atoms with Crippen molar-refractivity contribution in [3.05, 3.63) is 0 Å². The molecule has 0 bridgehead atoms. The van der Waals surface area contributed by atoms with E-state index in [1.807, 2.05) is 0 Å². The van der Waals surface area contributed by atoms with Gasteiger partial charge in [0, 0.05) is 25.2 Å². The van der Waals surface area contributed by atoms with E-state index in [0.29, 0.717) is 12.1 Å². The topological polar surface area (TPSA) is 24.9 Å². The van der Waals surface area contributed by atoms with Crippen LogP contribution in [0.2, 0.25) is 0 Å². The van der Waals surface area contributed by atoms with Gasteiger partial charge in [0.15, 0.2) is 0 Å². The Bertz CT molecular complexity index is 250. The molecule has 2 atom stereocenters. The summed E-state index contributed by atoms with van der Waals surface area (Å²) >= 11 is 0. The molecule has 2 fully saturated rings. The Hall–Kier alpha value is -0.160. The largest absolute Gasteiger partial charge is 0.380 e. The van der Waals surface area contributed by atoms with Crippen LogP contribution < -0.4 is 0 Å². The Kier molecular flexibility index (Phi) is 6.57. The summed E-state index contributed by atoms with van der Waals surface area (Å²) in [7, 11) is 2.21. The molecule has 0 radical (unpaired) electrons. The van der Waals surface area contributed by atoms with Crippen LogP contribution in [-0.4, -0.2) is 75.0 Å². The van der Waals surface area contributed by atoms with Gasteiger partial charge in [-0.15, -0.1) is 0 Å². The molecule has 0 aromatic rings. The summed E-state index contributed by atoms with van der Waals surface area (Å²) in [5.41, 5.74) is 0. The van der Waals surface area contributed by atoms with Gasteiger partial charge in [-0.3, -0.25) is 4.90 Å². The van der Waals surface area contributed by atoms with Gasteiger partial charge in [-0.05, 0) is 52.7 Å². The lowest BCUT2D eigenvalue weighted by molar-refractivity contribution is 0.0457. The molecule has 2 saturated heterocycles. The summed E-state index contributed by atoms with van der Waals surface area (Å²) in [6.45, 7) is 9.07. The number of likely N-dealkylation sites (N-methyl/N-ethyl adjacent to an activating group) is 1. The van der Waals surface area contributed by atoms with Crippen molar-refractivity contribution in [2.45, 2.75) is 44.7 Å². The highest BCUT2D eigenvalue weighted by molar-refractivity contribution is 4.79. The Morgan fingerprint density at radius 1 is 1.00 bits per heavy atom. The zero-order valence-electron chi connectivity index (χ0n) is 12.6. The predicted molar refractivity (Wildman–Crippen MR) is 77.6 cm³/mol. The third kappa shape index (κ3) is 4.71. The van der Waals surface area contributed by atoms with Crippen molar-refractivity contribution in [1.82, 2.24) is 9.80 Å². The second kappa shape index (κ2) is 8.20. The first-order valence-corrected chi connectivity index (χ1v) is 7.91. The van der Waals surface area contributed by atoms with Crippen molar-refractivity contribution < 1.29 is 9.47 Å². The predicted octanol–water partition coefficient (Wildman–Crippen LogP) is 1.60. The number of hydrogen-bond donors (Lipinski definition) is 0. The molecular formula is C15H30N2O2. The van der Waals surface area contributed by atoms with Crippen molar-refractivity contribution in [2.24, 2.45) is 0 Å². The Balaban J connectivity index is 1.57. The lowest BCUT2D eigenvalue weighted by atomic mass is 10.2. The molecule has 0 amide bonds. The summed E-state index contributed by atoms with van der Waals surface area (Å²) in [6.07, 6.45) is 5.22. The second-order valence-corrected chi connectivity index (χ2v) is 5.84. The van der Waals surface area contributed by atoms with Gasteiger partial charge >= 0.3 is 0 Å². The fourth-order valence-corrected chi connectivity index (χ4v) is 3.22. The van der Waals surface area contributed by atoms with E-state index in [-0.39, 0.29) is 0 Å². The van der Waals surface area contributed by atoms with Crippen molar-refractivity contribution >= 4 is 0 Å². The summed E-state index contributed by atoms with van der Waals surface area (Å²) in [5.74, 6) is 0. The smallest absolute Gasteiger partial charge is 0.0622 e. The number of hydrogen-bond acceptors (Lipinski definition) is 4. The first-order chi connectivity index (χ1) is 9.31. The van der Waals surface area contributed by atoms with Gasteiger partial charge in [0.25, 0.3) is 0 Å². The van der Waals surface area contributed by atoms with E-state index in [0.717, 1.165) is 33.0 Å². The van der Waals surface area contributed by atoms with E-state index in [9.17, 15) is 0 Å². The molecule has 2 heterocycles. The number of rotatable bonds is 8. The minimum Gasteiger partial charge on any atom is -0.380 e. The van der Waals surface area contributed by atoms with Crippen LogP contribution >= 0.6 is 0 Å². The second-order valence-electron chi connectivity index (χ2n) is 5.84. The molecule has 0 spiro atoms. The van der Waals surface area contributed by atoms with Crippen molar-refractivity contribution in [3.63, 3.8) is 0 Å². The highest BCUT2D eigenvalue weighted by Crippen LogP contribution is 2.17. The molecule has 112 valence electrons. The van der Waals surface area contributed by atoms with E-state index in [2.05, 4.69) is 23.8 Å². The molecular weight excluding hydrogens is 240 g/mol. The molecule has 19 heavy (non-hydrogen) atoms. The van der Waals surface area contributed by atoms with Gasteiger partial charge in [0.2, 0.25) is 0 Å². The van der Waals surface area contributed by atoms with E-state index >= 15 is 0 Å². The zero-order chi connectivity index (χ0) is 13.5. The number of ether oxygens (including phenoxy) is 2. The SMILES string of the molecule is CCOCC1CCCN1CCOCC1CCCN1C. The highest BCUT2D eigenvalue weighted by atomic mass is 16.5. The molecule has 0 saturated carbocycles. The molecule has 2 aliphatic rings. The normalized spacial score (nSPS) is 29.4. The van der Waals surface area contributed by atoms with Gasteiger partial charge in [-0.2, -0.15) is 0 Å². The van der Waals surface area contributed by atoms with Crippen LogP contribution in [0.3, 0.4) is 0 Å². The van der Waals surface area contributed by atoms with E-state index in [4.69, 9.17) is 9.47 Å². The lowest BCUT2D eigenvalue weighted by Crippen LogP contribution is -2.36. The average Bonchev–Trinajstić information content (AvgIpc) is 3.01. The molecule has 4 heteroatoms. The lowest BCUT2D eigenvalue weighted by Gasteiger charge is -2.25. The number of nitrogens with zero attached hydrogens (tertiary/aromatic N) is 2. The molecule has 0 N–H and O–H groups in total. The summed E-state index contributed by atoms with van der Waals surface area (Å²) in [4.78, 5) is 4.96. The molecule has 2 rings (SSSR count). The summed E-state index contributed by atoms with van der Waals surface area (Å²) in [5, 5.41) is 0. The highest BCUT2D eigenvalue weighted by Gasteiger charge is 2.24. The zero-order valence-corrected chi connectivity index (χ0v) is 12.6. The van der Waals surface area contributed by atoms with Crippen LogP contribution in [0.5, 0.6) is 0 Å². The number of likely N-dealkylation sites (tertiary alicyclic amines) is 2. The monoisotopic (exact) mass is 270 g/mol. The van der Waals surface area contributed by atoms with Gasteiger partial charge < -0.3 is 14.4 Å². The van der Waals surface area contributed by atoms with Crippen LogP contribution in [0.1, 0.15) is 32.6 Å². The fraction of sp³-hybridized carbons (Fsp3) is 1.00. The van der Waals surface area contributed by atoms with Gasteiger partial charge in [0.1, 0.15) is 0 Å². The van der Waals surface area contributed by atoms with Gasteiger partial charge in [0.05, 0.1) is 19.8 Å². The van der Waals surface area contributed by atoms with Crippen LogP contribution in [0.15, 0.2) is 0 Å². The maximum atomic E-state index is 5.88. The summed E-state index contributed by atoms with van der Waals surface area (Å²) in [6, 6.07) is 1.27. The summed E-state index contributed by atoms with van der Waals surface area (Å²) < 4.78 is 11.4. The Labute approximate surface area is 118 Å². The maximum absolute atomic E-state index is 5.88. The average molecular weight is 270 g/mol. The molecule has 0 aromatic heterocycles. The molecule has 2 unspecified atom stereocenters.